The molecule has 0 N–H and O–H groups in total. The Kier molecular flexibility index (Phi) is 5.56. The molecule has 2 heterocycles. The maximum absolute atomic E-state index is 12.9. The molecule has 2 aromatic rings. The van der Waals surface area contributed by atoms with E-state index in [0.29, 0.717) is 24.6 Å². The zero-order valence-corrected chi connectivity index (χ0v) is 15.6. The highest BCUT2D eigenvalue weighted by Gasteiger charge is 2.32. The van der Waals surface area contributed by atoms with Crippen LogP contribution < -0.4 is 0 Å². The van der Waals surface area contributed by atoms with Crippen molar-refractivity contribution in [2.24, 2.45) is 0 Å². The van der Waals surface area contributed by atoms with Crippen LogP contribution in [0.3, 0.4) is 0 Å². The van der Waals surface area contributed by atoms with Crippen molar-refractivity contribution in [3.63, 3.8) is 0 Å². The standard InChI is InChI=1S/C18H25N3O3S/c1-3-5-15-6-8-17(9-7-15)25(22,23)21-10-11-24-18(14-21)16-12-19-20(4-2)13-16/h6-9,12-13,18H,3-5,10-11,14H2,1-2H3/t18-/m1/s1. The average Bonchev–Trinajstić information content (AvgIpc) is 3.12. The molecule has 25 heavy (non-hydrogen) atoms. The number of nitrogens with zero attached hydrogens (tertiary/aromatic N) is 3. The van der Waals surface area contributed by atoms with Gasteiger partial charge < -0.3 is 4.74 Å². The Morgan fingerprint density at radius 3 is 2.64 bits per heavy atom. The zero-order chi connectivity index (χ0) is 17.9. The molecule has 1 aliphatic rings. The number of sulfonamides is 1. The van der Waals surface area contributed by atoms with Crippen LogP contribution in [-0.2, 0) is 27.7 Å². The number of rotatable bonds is 6. The maximum Gasteiger partial charge on any atom is 0.243 e. The van der Waals surface area contributed by atoms with Crippen molar-refractivity contribution in [3.8, 4) is 0 Å². The van der Waals surface area contributed by atoms with Crippen molar-refractivity contribution in [2.45, 2.75) is 44.2 Å². The Morgan fingerprint density at radius 2 is 2.00 bits per heavy atom. The average molecular weight is 363 g/mol. The highest BCUT2D eigenvalue weighted by molar-refractivity contribution is 7.89. The molecule has 0 amide bonds. The maximum atomic E-state index is 12.9. The fourth-order valence-corrected chi connectivity index (χ4v) is 4.45. The molecule has 0 radical (unpaired) electrons. The SMILES string of the molecule is CCCc1ccc(S(=O)(=O)N2CCO[C@@H](c3cnn(CC)c3)C2)cc1. The van der Waals surface area contributed by atoms with Gasteiger partial charge in [-0.15, -0.1) is 0 Å². The third-order valence-corrected chi connectivity index (χ3v) is 6.36. The summed E-state index contributed by atoms with van der Waals surface area (Å²) >= 11 is 0. The van der Waals surface area contributed by atoms with Gasteiger partial charge in [-0.05, 0) is 31.0 Å². The first kappa shape index (κ1) is 18.1. The molecule has 6 nitrogen and oxygen atoms in total. The summed E-state index contributed by atoms with van der Waals surface area (Å²) < 4.78 is 35.0. The fourth-order valence-electron chi connectivity index (χ4n) is 3.03. The third-order valence-electron chi connectivity index (χ3n) is 4.48. The molecular formula is C18H25N3O3S. The van der Waals surface area contributed by atoms with E-state index in [9.17, 15) is 8.42 Å². The third kappa shape index (κ3) is 3.94. The van der Waals surface area contributed by atoms with Gasteiger partial charge in [0.25, 0.3) is 0 Å². The van der Waals surface area contributed by atoms with Crippen LogP contribution in [-0.4, -0.2) is 42.2 Å². The van der Waals surface area contributed by atoms with E-state index in [1.165, 1.54) is 4.31 Å². The first-order valence-electron chi connectivity index (χ1n) is 8.77. The summed E-state index contributed by atoms with van der Waals surface area (Å²) in [4.78, 5) is 0.345. The van der Waals surface area contributed by atoms with E-state index in [2.05, 4.69) is 12.0 Å². The highest BCUT2D eigenvalue weighted by Crippen LogP contribution is 2.26. The van der Waals surface area contributed by atoms with Crippen molar-refractivity contribution >= 4 is 10.0 Å². The second kappa shape index (κ2) is 7.68. The zero-order valence-electron chi connectivity index (χ0n) is 14.8. The van der Waals surface area contributed by atoms with Crippen molar-refractivity contribution < 1.29 is 13.2 Å². The van der Waals surface area contributed by atoms with Gasteiger partial charge in [-0.1, -0.05) is 25.5 Å². The minimum atomic E-state index is -3.51. The van der Waals surface area contributed by atoms with Crippen LogP contribution in [0.1, 0.15) is 37.5 Å². The smallest absolute Gasteiger partial charge is 0.243 e. The lowest BCUT2D eigenvalue weighted by atomic mass is 10.1. The van der Waals surface area contributed by atoms with Gasteiger partial charge in [0.15, 0.2) is 0 Å². The molecule has 3 rings (SSSR count). The molecule has 0 saturated carbocycles. The van der Waals surface area contributed by atoms with E-state index < -0.39 is 10.0 Å². The molecule has 1 aromatic heterocycles. The first-order valence-corrected chi connectivity index (χ1v) is 10.2. The van der Waals surface area contributed by atoms with E-state index in [1.807, 2.05) is 29.9 Å². The van der Waals surface area contributed by atoms with E-state index >= 15 is 0 Å². The number of hydrogen-bond donors (Lipinski definition) is 0. The lowest BCUT2D eigenvalue weighted by molar-refractivity contribution is -0.00260. The van der Waals surface area contributed by atoms with Crippen LogP contribution in [0.4, 0.5) is 0 Å². The quantitative estimate of drug-likeness (QED) is 0.791. The van der Waals surface area contributed by atoms with Crippen LogP contribution in [0, 0.1) is 0 Å². The van der Waals surface area contributed by atoms with Crippen LogP contribution in [0.15, 0.2) is 41.6 Å². The molecule has 1 atom stereocenters. The number of morpholine rings is 1. The van der Waals surface area contributed by atoms with Gasteiger partial charge in [0.1, 0.15) is 0 Å². The summed E-state index contributed by atoms with van der Waals surface area (Å²) in [7, 11) is -3.51. The summed E-state index contributed by atoms with van der Waals surface area (Å²) in [5.41, 5.74) is 2.08. The lowest BCUT2D eigenvalue weighted by Crippen LogP contribution is -2.42. The minimum Gasteiger partial charge on any atom is -0.371 e. The molecule has 0 unspecified atom stereocenters. The Balaban J connectivity index is 1.77. The normalized spacial score (nSPS) is 19.2. The van der Waals surface area contributed by atoms with Crippen LogP contribution in [0.2, 0.25) is 0 Å². The molecule has 136 valence electrons. The molecule has 0 bridgehead atoms. The van der Waals surface area contributed by atoms with Crippen molar-refractivity contribution in [1.82, 2.24) is 14.1 Å². The molecule has 1 aliphatic heterocycles. The summed E-state index contributed by atoms with van der Waals surface area (Å²) in [6.07, 6.45) is 5.40. The van der Waals surface area contributed by atoms with Gasteiger partial charge in [0, 0.05) is 31.4 Å². The first-order chi connectivity index (χ1) is 12.0. The Hall–Kier alpha value is -1.70. The highest BCUT2D eigenvalue weighted by atomic mass is 32.2. The monoisotopic (exact) mass is 363 g/mol. The predicted octanol–water partition coefficient (Wildman–Crippen LogP) is 2.62. The van der Waals surface area contributed by atoms with E-state index in [0.717, 1.165) is 30.5 Å². The van der Waals surface area contributed by atoms with E-state index in [-0.39, 0.29) is 6.10 Å². The minimum absolute atomic E-state index is 0.275. The number of ether oxygens (including phenoxy) is 1. The van der Waals surface area contributed by atoms with Gasteiger partial charge >= 0.3 is 0 Å². The number of aromatic nitrogens is 2. The van der Waals surface area contributed by atoms with Crippen molar-refractivity contribution in [3.05, 3.63) is 47.8 Å². The van der Waals surface area contributed by atoms with Crippen molar-refractivity contribution in [2.75, 3.05) is 19.7 Å². The molecular weight excluding hydrogens is 338 g/mol. The number of aryl methyl sites for hydroxylation is 2. The van der Waals surface area contributed by atoms with Gasteiger partial charge in [-0.3, -0.25) is 4.68 Å². The van der Waals surface area contributed by atoms with Crippen LogP contribution in [0.5, 0.6) is 0 Å². The molecule has 1 aromatic carbocycles. The Bertz CT molecular complexity index is 799. The second-order valence-electron chi connectivity index (χ2n) is 6.25. The van der Waals surface area contributed by atoms with Crippen LogP contribution in [0.25, 0.3) is 0 Å². The Labute approximate surface area is 149 Å². The molecule has 0 spiro atoms. The largest absolute Gasteiger partial charge is 0.371 e. The lowest BCUT2D eigenvalue weighted by Gasteiger charge is -2.31. The molecule has 1 saturated heterocycles. The van der Waals surface area contributed by atoms with Crippen molar-refractivity contribution in [1.29, 1.82) is 0 Å². The fraction of sp³-hybridized carbons (Fsp3) is 0.500. The molecule has 7 heteroatoms. The van der Waals surface area contributed by atoms with Gasteiger partial charge in [0.05, 0.1) is 23.8 Å². The summed E-state index contributed by atoms with van der Waals surface area (Å²) in [5.74, 6) is 0. The summed E-state index contributed by atoms with van der Waals surface area (Å²) in [5, 5.41) is 4.25. The summed E-state index contributed by atoms with van der Waals surface area (Å²) in [6.45, 7) is 5.97. The topological polar surface area (TPSA) is 64.4 Å². The summed E-state index contributed by atoms with van der Waals surface area (Å²) in [6, 6.07) is 7.22. The predicted molar refractivity (Wildman–Crippen MR) is 95.8 cm³/mol. The van der Waals surface area contributed by atoms with E-state index in [4.69, 9.17) is 4.74 Å². The Morgan fingerprint density at radius 1 is 1.24 bits per heavy atom. The number of benzene rings is 1. The van der Waals surface area contributed by atoms with Gasteiger partial charge in [0.2, 0.25) is 10.0 Å². The molecule has 0 aliphatic carbocycles. The second-order valence-corrected chi connectivity index (χ2v) is 8.18. The van der Waals surface area contributed by atoms with Crippen LogP contribution >= 0.6 is 0 Å². The van der Waals surface area contributed by atoms with Gasteiger partial charge in [-0.2, -0.15) is 9.40 Å². The van der Waals surface area contributed by atoms with E-state index in [1.54, 1.807) is 18.3 Å². The van der Waals surface area contributed by atoms with Gasteiger partial charge in [-0.25, -0.2) is 8.42 Å². The number of hydrogen-bond acceptors (Lipinski definition) is 4. The molecule has 1 fully saturated rings.